The molecule has 1 amide bonds. The Morgan fingerprint density at radius 1 is 1.12 bits per heavy atom. The molecule has 0 saturated carbocycles. The van der Waals surface area contributed by atoms with E-state index >= 15 is 0 Å². The van der Waals surface area contributed by atoms with Gasteiger partial charge in [-0.3, -0.25) is 9.89 Å². The summed E-state index contributed by atoms with van der Waals surface area (Å²) in [5.41, 5.74) is 4.28. The van der Waals surface area contributed by atoms with Crippen LogP contribution in [0.2, 0.25) is 0 Å². The quantitative estimate of drug-likeness (QED) is 0.801. The number of ether oxygens (including phenoxy) is 1. The Labute approximate surface area is 141 Å². The molecule has 1 heterocycles. The van der Waals surface area contributed by atoms with Crippen molar-refractivity contribution in [3.63, 3.8) is 0 Å². The highest BCUT2D eigenvalue weighted by Crippen LogP contribution is 2.30. The Kier molecular flexibility index (Phi) is 4.25. The second-order valence-electron chi connectivity index (χ2n) is 6.11. The number of H-pyrrole nitrogens is 1. The van der Waals surface area contributed by atoms with Gasteiger partial charge in [-0.05, 0) is 48.4 Å². The number of nitrogens with one attached hydrogen (secondary N) is 1. The van der Waals surface area contributed by atoms with Crippen LogP contribution in [0.5, 0.6) is 5.75 Å². The molecule has 0 spiro atoms. The van der Waals surface area contributed by atoms with Crippen molar-refractivity contribution in [2.24, 2.45) is 0 Å². The van der Waals surface area contributed by atoms with Gasteiger partial charge in [-0.15, -0.1) is 0 Å². The molecule has 0 fully saturated rings. The number of benzene rings is 2. The Balaban J connectivity index is 1.92. The van der Waals surface area contributed by atoms with Crippen LogP contribution in [0.1, 0.15) is 11.4 Å². The number of rotatable bonds is 4. The van der Waals surface area contributed by atoms with E-state index in [2.05, 4.69) is 28.4 Å². The Bertz CT molecular complexity index is 877. The highest BCUT2D eigenvalue weighted by atomic mass is 16.5. The van der Waals surface area contributed by atoms with Crippen molar-refractivity contribution in [1.29, 1.82) is 0 Å². The third kappa shape index (κ3) is 3.11. The van der Waals surface area contributed by atoms with Crippen molar-refractivity contribution in [1.82, 2.24) is 15.1 Å². The first-order valence-corrected chi connectivity index (χ1v) is 7.84. The molecule has 0 aliphatic heterocycles. The molecule has 0 aliphatic carbocycles. The van der Waals surface area contributed by atoms with Crippen molar-refractivity contribution in [2.45, 2.75) is 13.8 Å². The van der Waals surface area contributed by atoms with Crippen molar-refractivity contribution in [2.75, 3.05) is 20.7 Å². The maximum atomic E-state index is 11.7. The third-order valence-electron chi connectivity index (χ3n) is 4.09. The lowest BCUT2D eigenvalue weighted by Gasteiger charge is -2.12. The predicted molar refractivity (Wildman–Crippen MR) is 95.2 cm³/mol. The average molecular weight is 323 g/mol. The van der Waals surface area contributed by atoms with Gasteiger partial charge < -0.3 is 9.64 Å². The third-order valence-corrected chi connectivity index (χ3v) is 4.09. The SMILES string of the molecule is Cc1n[nH]c(C)c1-c1ccc2ccc(OCC(=O)N(C)C)cc2c1. The summed E-state index contributed by atoms with van der Waals surface area (Å²) in [5.74, 6) is 0.629. The first-order chi connectivity index (χ1) is 11.5. The number of aryl methyl sites for hydroxylation is 2. The van der Waals surface area contributed by atoms with Crippen LogP contribution < -0.4 is 4.74 Å². The number of aromatic nitrogens is 2. The molecule has 0 bridgehead atoms. The van der Waals surface area contributed by atoms with Crippen LogP contribution in [-0.4, -0.2) is 41.7 Å². The molecular weight excluding hydrogens is 302 g/mol. The molecule has 1 aromatic heterocycles. The molecule has 0 radical (unpaired) electrons. The van der Waals surface area contributed by atoms with E-state index in [0.29, 0.717) is 5.75 Å². The molecule has 3 rings (SSSR count). The van der Waals surface area contributed by atoms with Crippen LogP contribution in [0, 0.1) is 13.8 Å². The van der Waals surface area contributed by atoms with E-state index in [1.54, 1.807) is 14.1 Å². The summed E-state index contributed by atoms with van der Waals surface area (Å²) in [4.78, 5) is 13.2. The van der Waals surface area contributed by atoms with E-state index in [-0.39, 0.29) is 12.5 Å². The van der Waals surface area contributed by atoms with Gasteiger partial charge in [-0.25, -0.2) is 0 Å². The minimum atomic E-state index is -0.0616. The van der Waals surface area contributed by atoms with Gasteiger partial charge in [0.1, 0.15) is 5.75 Å². The number of likely N-dealkylation sites (N-methyl/N-ethyl adjacent to an activating group) is 1. The zero-order valence-corrected chi connectivity index (χ0v) is 14.4. The minimum Gasteiger partial charge on any atom is -0.484 e. The second kappa shape index (κ2) is 6.35. The summed E-state index contributed by atoms with van der Waals surface area (Å²) in [6.07, 6.45) is 0. The number of carbonyl (C=O) groups excluding carboxylic acids is 1. The molecule has 5 heteroatoms. The molecule has 124 valence electrons. The Morgan fingerprint density at radius 2 is 1.88 bits per heavy atom. The zero-order valence-electron chi connectivity index (χ0n) is 14.4. The maximum Gasteiger partial charge on any atom is 0.259 e. The zero-order chi connectivity index (χ0) is 17.3. The number of fused-ring (bicyclic) bond motifs is 1. The van der Waals surface area contributed by atoms with E-state index in [1.165, 1.54) is 4.90 Å². The maximum absolute atomic E-state index is 11.7. The van der Waals surface area contributed by atoms with E-state index in [0.717, 1.165) is 33.3 Å². The van der Waals surface area contributed by atoms with Crippen LogP contribution in [-0.2, 0) is 4.79 Å². The molecule has 24 heavy (non-hydrogen) atoms. The first-order valence-electron chi connectivity index (χ1n) is 7.84. The summed E-state index contributed by atoms with van der Waals surface area (Å²) >= 11 is 0. The van der Waals surface area contributed by atoms with E-state index in [1.807, 2.05) is 32.0 Å². The topological polar surface area (TPSA) is 58.2 Å². The van der Waals surface area contributed by atoms with Crippen LogP contribution in [0.3, 0.4) is 0 Å². The molecule has 0 unspecified atom stereocenters. The van der Waals surface area contributed by atoms with Crippen molar-refractivity contribution < 1.29 is 9.53 Å². The number of nitrogens with zero attached hydrogens (tertiary/aromatic N) is 2. The van der Waals surface area contributed by atoms with E-state index in [9.17, 15) is 4.79 Å². The van der Waals surface area contributed by atoms with Crippen molar-refractivity contribution in [3.8, 4) is 16.9 Å². The number of carbonyl (C=O) groups is 1. The highest BCUT2D eigenvalue weighted by Gasteiger charge is 2.10. The standard InChI is InChI=1S/C19H21N3O2/c1-12-19(13(2)21-20-12)15-6-5-14-7-8-17(10-16(14)9-15)24-11-18(23)22(3)4/h5-10H,11H2,1-4H3,(H,20,21). The minimum absolute atomic E-state index is 0.0398. The fraction of sp³-hybridized carbons (Fsp3) is 0.263. The van der Waals surface area contributed by atoms with Gasteiger partial charge >= 0.3 is 0 Å². The van der Waals surface area contributed by atoms with Gasteiger partial charge in [-0.2, -0.15) is 5.10 Å². The summed E-state index contributed by atoms with van der Waals surface area (Å²) in [7, 11) is 3.43. The lowest BCUT2D eigenvalue weighted by atomic mass is 10.00. The van der Waals surface area contributed by atoms with Gasteiger partial charge in [0.05, 0.1) is 5.69 Å². The molecule has 1 N–H and O–H groups in total. The monoisotopic (exact) mass is 323 g/mol. The van der Waals surface area contributed by atoms with Gasteiger partial charge in [0.2, 0.25) is 0 Å². The van der Waals surface area contributed by atoms with Crippen LogP contribution >= 0.6 is 0 Å². The van der Waals surface area contributed by atoms with Gasteiger partial charge in [-0.1, -0.05) is 18.2 Å². The van der Waals surface area contributed by atoms with Gasteiger partial charge in [0.15, 0.2) is 6.61 Å². The largest absolute Gasteiger partial charge is 0.484 e. The van der Waals surface area contributed by atoms with Crippen LogP contribution in [0.25, 0.3) is 21.9 Å². The summed E-state index contributed by atoms with van der Waals surface area (Å²) in [5, 5.41) is 9.49. The first kappa shape index (κ1) is 16.1. The summed E-state index contributed by atoms with van der Waals surface area (Å²) in [6, 6.07) is 12.2. The molecule has 0 saturated heterocycles. The normalized spacial score (nSPS) is 10.8. The fourth-order valence-electron chi connectivity index (χ4n) is 2.72. The molecule has 0 atom stereocenters. The van der Waals surface area contributed by atoms with Gasteiger partial charge in [0, 0.05) is 25.4 Å². The molecular formula is C19H21N3O2. The summed E-state index contributed by atoms with van der Waals surface area (Å²) in [6.45, 7) is 4.06. The van der Waals surface area contributed by atoms with Crippen molar-refractivity contribution >= 4 is 16.7 Å². The smallest absolute Gasteiger partial charge is 0.259 e. The molecule has 2 aromatic carbocycles. The highest BCUT2D eigenvalue weighted by molar-refractivity contribution is 5.89. The predicted octanol–water partition coefficient (Wildman–Crippen LogP) is 3.31. The fourth-order valence-corrected chi connectivity index (χ4v) is 2.72. The van der Waals surface area contributed by atoms with Crippen LogP contribution in [0.15, 0.2) is 36.4 Å². The average Bonchev–Trinajstić information content (AvgIpc) is 2.90. The van der Waals surface area contributed by atoms with Crippen LogP contribution in [0.4, 0.5) is 0 Å². The summed E-state index contributed by atoms with van der Waals surface area (Å²) < 4.78 is 5.61. The van der Waals surface area contributed by atoms with E-state index < -0.39 is 0 Å². The Hall–Kier alpha value is -2.82. The number of aromatic amines is 1. The van der Waals surface area contributed by atoms with Crippen molar-refractivity contribution in [3.05, 3.63) is 47.8 Å². The molecule has 0 aliphatic rings. The number of amides is 1. The molecule has 3 aromatic rings. The number of hydrogen-bond acceptors (Lipinski definition) is 3. The second-order valence-corrected chi connectivity index (χ2v) is 6.11. The van der Waals surface area contributed by atoms with E-state index in [4.69, 9.17) is 4.74 Å². The van der Waals surface area contributed by atoms with Gasteiger partial charge in [0.25, 0.3) is 5.91 Å². The Morgan fingerprint density at radius 3 is 2.54 bits per heavy atom. The number of hydrogen-bond donors (Lipinski definition) is 1. The lowest BCUT2D eigenvalue weighted by molar-refractivity contribution is -0.130. The lowest BCUT2D eigenvalue weighted by Crippen LogP contribution is -2.27. The molecule has 5 nitrogen and oxygen atoms in total.